The molecular formula is C29H34FN3O4S. The molecule has 0 radical (unpaired) electrons. The van der Waals surface area contributed by atoms with Crippen LogP contribution >= 0.6 is 0 Å². The molecule has 3 aromatic carbocycles. The average molecular weight is 540 g/mol. The van der Waals surface area contributed by atoms with Gasteiger partial charge in [-0.3, -0.25) is 13.9 Å². The van der Waals surface area contributed by atoms with E-state index in [1.807, 2.05) is 45.0 Å². The molecule has 9 heteroatoms. The van der Waals surface area contributed by atoms with E-state index >= 15 is 0 Å². The predicted molar refractivity (Wildman–Crippen MR) is 147 cm³/mol. The molecule has 0 heterocycles. The summed E-state index contributed by atoms with van der Waals surface area (Å²) in [6, 6.07) is 17.9. The van der Waals surface area contributed by atoms with E-state index in [1.54, 1.807) is 19.1 Å². The highest BCUT2D eigenvalue weighted by molar-refractivity contribution is 7.92. The summed E-state index contributed by atoms with van der Waals surface area (Å²) in [5.41, 5.74) is 2.82. The predicted octanol–water partition coefficient (Wildman–Crippen LogP) is 4.58. The van der Waals surface area contributed by atoms with Gasteiger partial charge in [0.15, 0.2) is 0 Å². The number of carbonyl (C=O) groups excluding carboxylic acids is 2. The van der Waals surface area contributed by atoms with Crippen LogP contribution in [-0.2, 0) is 26.2 Å². The van der Waals surface area contributed by atoms with Crippen molar-refractivity contribution in [3.05, 3.63) is 95.3 Å². The summed E-state index contributed by atoms with van der Waals surface area (Å²) < 4.78 is 42.1. The molecule has 0 bridgehead atoms. The number of benzene rings is 3. The summed E-state index contributed by atoms with van der Waals surface area (Å²) in [7, 11) is -4.19. The van der Waals surface area contributed by atoms with E-state index in [1.165, 1.54) is 29.2 Å². The molecule has 38 heavy (non-hydrogen) atoms. The number of halogens is 1. The molecule has 0 saturated heterocycles. The van der Waals surface area contributed by atoms with Crippen LogP contribution in [0.3, 0.4) is 0 Å². The fourth-order valence-corrected chi connectivity index (χ4v) is 5.37. The molecule has 0 fully saturated rings. The van der Waals surface area contributed by atoms with Gasteiger partial charge in [-0.1, -0.05) is 54.4 Å². The molecule has 0 unspecified atom stereocenters. The van der Waals surface area contributed by atoms with Gasteiger partial charge in [-0.25, -0.2) is 12.8 Å². The van der Waals surface area contributed by atoms with Gasteiger partial charge in [0, 0.05) is 13.1 Å². The second kappa shape index (κ2) is 12.7. The van der Waals surface area contributed by atoms with Crippen molar-refractivity contribution in [1.29, 1.82) is 0 Å². The fourth-order valence-electron chi connectivity index (χ4n) is 3.96. The molecule has 0 aromatic heterocycles. The van der Waals surface area contributed by atoms with Crippen molar-refractivity contribution in [2.45, 2.75) is 51.6 Å². The molecule has 202 valence electrons. The lowest BCUT2D eigenvalue weighted by molar-refractivity contribution is -0.139. The Balaban J connectivity index is 2.01. The molecule has 0 aliphatic carbocycles. The number of rotatable bonds is 11. The topological polar surface area (TPSA) is 86.8 Å². The molecule has 0 aliphatic heterocycles. The van der Waals surface area contributed by atoms with Crippen LogP contribution in [0.15, 0.2) is 77.7 Å². The van der Waals surface area contributed by atoms with Crippen molar-refractivity contribution in [3.8, 4) is 0 Å². The van der Waals surface area contributed by atoms with Crippen molar-refractivity contribution < 1.29 is 22.4 Å². The van der Waals surface area contributed by atoms with Crippen LogP contribution in [0.25, 0.3) is 0 Å². The molecular weight excluding hydrogens is 505 g/mol. The molecule has 0 aliphatic rings. The Morgan fingerprint density at radius 1 is 0.947 bits per heavy atom. The third kappa shape index (κ3) is 7.19. The zero-order valence-electron chi connectivity index (χ0n) is 22.1. The van der Waals surface area contributed by atoms with Gasteiger partial charge in [0.1, 0.15) is 18.4 Å². The lowest BCUT2D eigenvalue weighted by Gasteiger charge is -2.32. The first-order valence-corrected chi connectivity index (χ1v) is 13.9. The Hall–Kier alpha value is -3.72. The second-order valence-electron chi connectivity index (χ2n) is 9.28. The number of nitrogens with zero attached hydrogens (tertiary/aromatic N) is 2. The van der Waals surface area contributed by atoms with Crippen molar-refractivity contribution in [1.82, 2.24) is 10.2 Å². The number of hydrogen-bond donors (Lipinski definition) is 1. The van der Waals surface area contributed by atoms with Crippen molar-refractivity contribution in [3.63, 3.8) is 0 Å². The fraction of sp³-hybridized carbons (Fsp3) is 0.310. The highest BCUT2D eigenvalue weighted by Gasteiger charge is 2.32. The highest BCUT2D eigenvalue weighted by Crippen LogP contribution is 2.25. The smallest absolute Gasteiger partial charge is 0.264 e. The summed E-state index contributed by atoms with van der Waals surface area (Å²) in [6.45, 7) is 7.32. The minimum Gasteiger partial charge on any atom is -0.354 e. The molecule has 3 rings (SSSR count). The summed E-state index contributed by atoms with van der Waals surface area (Å²) >= 11 is 0. The van der Waals surface area contributed by atoms with Gasteiger partial charge in [-0.15, -0.1) is 0 Å². The van der Waals surface area contributed by atoms with Gasteiger partial charge in [-0.2, -0.15) is 0 Å². The SMILES string of the molecule is CCCNC(=O)[C@H](C)N(Cc1cccc(C)c1)C(=O)CN(c1ccc(F)cc1)S(=O)(=O)c1ccc(C)cc1. The van der Waals surface area contributed by atoms with Crippen molar-refractivity contribution in [2.24, 2.45) is 0 Å². The summed E-state index contributed by atoms with van der Waals surface area (Å²) in [5.74, 6) is -1.43. The third-order valence-corrected chi connectivity index (χ3v) is 7.94. The molecule has 3 aromatic rings. The lowest BCUT2D eigenvalue weighted by atomic mass is 10.1. The number of hydrogen-bond acceptors (Lipinski definition) is 4. The van der Waals surface area contributed by atoms with E-state index in [4.69, 9.17) is 0 Å². The first kappa shape index (κ1) is 28.8. The van der Waals surface area contributed by atoms with Gasteiger partial charge in [0.05, 0.1) is 10.6 Å². The molecule has 0 saturated carbocycles. The number of anilines is 1. The van der Waals surface area contributed by atoms with E-state index in [0.717, 1.165) is 39.5 Å². The first-order valence-electron chi connectivity index (χ1n) is 12.5. The van der Waals surface area contributed by atoms with E-state index in [-0.39, 0.29) is 23.0 Å². The van der Waals surface area contributed by atoms with Crippen LogP contribution in [0.1, 0.15) is 37.0 Å². The minimum absolute atomic E-state index is 0.000744. The second-order valence-corrected chi connectivity index (χ2v) is 11.1. The molecule has 0 spiro atoms. The maximum atomic E-state index is 13.8. The summed E-state index contributed by atoms with van der Waals surface area (Å²) in [6.07, 6.45) is 0.734. The Morgan fingerprint density at radius 3 is 2.21 bits per heavy atom. The van der Waals surface area contributed by atoms with Crippen LogP contribution in [0, 0.1) is 19.7 Å². The normalized spacial score (nSPS) is 12.0. The van der Waals surface area contributed by atoms with Gasteiger partial charge < -0.3 is 10.2 Å². The summed E-state index contributed by atoms with van der Waals surface area (Å²) in [5, 5.41) is 2.81. The maximum Gasteiger partial charge on any atom is 0.264 e. The third-order valence-electron chi connectivity index (χ3n) is 6.15. The standard InChI is InChI=1S/C29H34FN3O4S/c1-5-17-31-29(35)23(4)32(19-24-8-6-7-22(3)18-24)28(34)20-33(26-13-11-25(30)12-14-26)38(36,37)27-15-9-21(2)10-16-27/h6-16,18,23H,5,17,19-20H2,1-4H3,(H,31,35)/t23-/m0/s1. The highest BCUT2D eigenvalue weighted by atomic mass is 32.2. The molecule has 1 atom stereocenters. The number of amides is 2. The van der Waals surface area contributed by atoms with Crippen LogP contribution in [0.4, 0.5) is 10.1 Å². The van der Waals surface area contributed by atoms with E-state index in [2.05, 4.69) is 5.32 Å². The molecule has 7 nitrogen and oxygen atoms in total. The van der Waals surface area contributed by atoms with Crippen LogP contribution in [0.5, 0.6) is 0 Å². The van der Waals surface area contributed by atoms with E-state index < -0.39 is 34.3 Å². The largest absolute Gasteiger partial charge is 0.354 e. The Morgan fingerprint density at radius 2 is 1.61 bits per heavy atom. The van der Waals surface area contributed by atoms with Crippen LogP contribution < -0.4 is 9.62 Å². The van der Waals surface area contributed by atoms with Gasteiger partial charge >= 0.3 is 0 Å². The first-order chi connectivity index (χ1) is 18.0. The van der Waals surface area contributed by atoms with Gasteiger partial charge in [0.25, 0.3) is 10.0 Å². The number of sulfonamides is 1. The quantitative estimate of drug-likeness (QED) is 0.387. The number of aryl methyl sites for hydroxylation is 2. The Labute approximate surface area is 224 Å². The number of carbonyl (C=O) groups is 2. The van der Waals surface area contributed by atoms with Gasteiger partial charge in [0.2, 0.25) is 11.8 Å². The zero-order chi connectivity index (χ0) is 27.9. The minimum atomic E-state index is -4.19. The zero-order valence-corrected chi connectivity index (χ0v) is 23.0. The Bertz CT molecular complexity index is 1360. The Kier molecular flexibility index (Phi) is 9.63. The van der Waals surface area contributed by atoms with Gasteiger partial charge in [-0.05, 0) is 69.2 Å². The average Bonchev–Trinajstić information content (AvgIpc) is 2.89. The van der Waals surface area contributed by atoms with E-state index in [9.17, 15) is 22.4 Å². The van der Waals surface area contributed by atoms with Crippen LogP contribution in [-0.4, -0.2) is 44.3 Å². The molecule has 2 amide bonds. The van der Waals surface area contributed by atoms with Crippen LogP contribution in [0.2, 0.25) is 0 Å². The van der Waals surface area contributed by atoms with Crippen molar-refractivity contribution in [2.75, 3.05) is 17.4 Å². The summed E-state index contributed by atoms with van der Waals surface area (Å²) in [4.78, 5) is 28.0. The van der Waals surface area contributed by atoms with Crippen molar-refractivity contribution >= 4 is 27.5 Å². The number of nitrogens with one attached hydrogen (secondary N) is 1. The monoisotopic (exact) mass is 539 g/mol. The maximum absolute atomic E-state index is 13.8. The van der Waals surface area contributed by atoms with E-state index in [0.29, 0.717) is 6.54 Å². The lowest BCUT2D eigenvalue weighted by Crippen LogP contribution is -2.51. The molecule has 1 N–H and O–H groups in total.